The smallest absolute Gasteiger partial charge is 0.150 e. The first-order valence-electron chi connectivity index (χ1n) is 5.79. The normalized spacial score (nSPS) is 9.41. The number of aryl methyl sites for hydroxylation is 1. The molecule has 0 aliphatic rings. The number of hydrogen-bond donors (Lipinski definition) is 0. The maximum atomic E-state index is 10.6. The lowest BCUT2D eigenvalue weighted by Crippen LogP contribution is -1.89. The maximum absolute atomic E-state index is 10.6. The van der Waals surface area contributed by atoms with Gasteiger partial charge in [-0.05, 0) is 35.4 Å². The Morgan fingerprint density at radius 2 is 1.82 bits per heavy atom. The number of carbonyl (C=O) groups excluding carboxylic acids is 1. The summed E-state index contributed by atoms with van der Waals surface area (Å²) in [6, 6.07) is 9.55. The van der Waals surface area contributed by atoms with Crippen LogP contribution in [0.5, 0.6) is 5.75 Å². The average molecular weight is 230 g/mol. The maximum Gasteiger partial charge on any atom is 0.150 e. The van der Waals surface area contributed by atoms with Crippen molar-refractivity contribution in [2.45, 2.75) is 20.8 Å². The molecule has 0 heterocycles. The van der Waals surface area contributed by atoms with E-state index in [9.17, 15) is 4.79 Å². The molecule has 0 aliphatic carbocycles. The molecule has 2 rings (SSSR count). The minimum absolute atomic E-state index is 0.701. The lowest BCUT2D eigenvalue weighted by molar-refractivity contribution is 0.112. The summed E-state index contributed by atoms with van der Waals surface area (Å²) in [5.41, 5.74) is 1.81. The van der Waals surface area contributed by atoms with Crippen LogP contribution >= 0.6 is 0 Å². The molecule has 0 bridgehead atoms. The van der Waals surface area contributed by atoms with Crippen LogP contribution in [0.25, 0.3) is 10.8 Å². The van der Waals surface area contributed by atoms with Crippen molar-refractivity contribution in [3.05, 3.63) is 41.5 Å². The van der Waals surface area contributed by atoms with Gasteiger partial charge < -0.3 is 4.74 Å². The Balaban J connectivity index is 0.000000686. The van der Waals surface area contributed by atoms with Gasteiger partial charge in [0, 0.05) is 5.56 Å². The number of ether oxygens (including phenoxy) is 1. The van der Waals surface area contributed by atoms with Gasteiger partial charge in [0.1, 0.15) is 12.0 Å². The van der Waals surface area contributed by atoms with Gasteiger partial charge in [-0.3, -0.25) is 4.79 Å². The highest BCUT2D eigenvalue weighted by atomic mass is 16.5. The summed E-state index contributed by atoms with van der Waals surface area (Å²) >= 11 is 0. The van der Waals surface area contributed by atoms with Crippen LogP contribution in [0.4, 0.5) is 0 Å². The van der Waals surface area contributed by atoms with Crippen LogP contribution in [0.3, 0.4) is 0 Å². The van der Waals surface area contributed by atoms with Crippen LogP contribution < -0.4 is 4.74 Å². The molecule has 0 aromatic heterocycles. The molecule has 0 aliphatic heterocycles. The van der Waals surface area contributed by atoms with Crippen molar-refractivity contribution in [3.63, 3.8) is 0 Å². The fourth-order valence-electron chi connectivity index (χ4n) is 1.78. The molecule has 2 aromatic rings. The van der Waals surface area contributed by atoms with Gasteiger partial charge in [-0.15, -0.1) is 0 Å². The topological polar surface area (TPSA) is 26.3 Å². The zero-order chi connectivity index (χ0) is 12.8. The molecule has 0 amide bonds. The van der Waals surface area contributed by atoms with Crippen molar-refractivity contribution in [1.29, 1.82) is 0 Å². The summed E-state index contributed by atoms with van der Waals surface area (Å²) in [6.45, 7) is 6.02. The second kappa shape index (κ2) is 6.04. The molecule has 17 heavy (non-hydrogen) atoms. The Bertz CT molecular complexity index is 516. The van der Waals surface area contributed by atoms with Crippen LogP contribution in [-0.4, -0.2) is 13.4 Å². The Hall–Kier alpha value is -1.83. The molecule has 0 unspecified atom stereocenters. The van der Waals surface area contributed by atoms with Gasteiger partial charge in [0.2, 0.25) is 0 Å². The Labute approximate surface area is 102 Å². The number of rotatable bonds is 2. The van der Waals surface area contributed by atoms with E-state index < -0.39 is 0 Å². The minimum Gasteiger partial charge on any atom is -0.496 e. The van der Waals surface area contributed by atoms with Crippen molar-refractivity contribution in [2.75, 3.05) is 7.11 Å². The van der Waals surface area contributed by atoms with Crippen LogP contribution in [-0.2, 0) is 0 Å². The van der Waals surface area contributed by atoms with E-state index in [1.807, 2.05) is 51.1 Å². The lowest BCUT2D eigenvalue weighted by Gasteiger charge is -2.08. The highest BCUT2D eigenvalue weighted by Gasteiger charge is 2.03. The minimum atomic E-state index is 0.701. The van der Waals surface area contributed by atoms with Crippen molar-refractivity contribution >= 4 is 17.1 Å². The van der Waals surface area contributed by atoms with Gasteiger partial charge in [0.05, 0.1) is 7.11 Å². The second-order valence-electron chi connectivity index (χ2n) is 3.49. The molecule has 2 aromatic carbocycles. The Kier molecular flexibility index (Phi) is 4.70. The highest BCUT2D eigenvalue weighted by molar-refractivity contribution is 5.92. The quantitative estimate of drug-likeness (QED) is 0.729. The zero-order valence-corrected chi connectivity index (χ0v) is 10.8. The van der Waals surface area contributed by atoms with Gasteiger partial charge >= 0.3 is 0 Å². The predicted molar refractivity (Wildman–Crippen MR) is 72.0 cm³/mol. The van der Waals surface area contributed by atoms with Crippen LogP contribution in [0, 0.1) is 6.92 Å². The monoisotopic (exact) mass is 230 g/mol. The third kappa shape index (κ3) is 2.64. The first-order valence-corrected chi connectivity index (χ1v) is 5.79. The molecule has 0 fully saturated rings. The van der Waals surface area contributed by atoms with Crippen molar-refractivity contribution in [1.82, 2.24) is 0 Å². The molecule has 0 radical (unpaired) electrons. The molecular weight excluding hydrogens is 212 g/mol. The fraction of sp³-hybridized carbons (Fsp3) is 0.267. The first kappa shape index (κ1) is 13.2. The number of carbonyl (C=O) groups is 1. The van der Waals surface area contributed by atoms with E-state index in [-0.39, 0.29) is 0 Å². The highest BCUT2D eigenvalue weighted by Crippen LogP contribution is 2.27. The zero-order valence-electron chi connectivity index (χ0n) is 10.8. The molecule has 2 nitrogen and oxygen atoms in total. The van der Waals surface area contributed by atoms with Crippen molar-refractivity contribution in [2.24, 2.45) is 0 Å². The third-order valence-electron chi connectivity index (χ3n) is 2.62. The Morgan fingerprint density at radius 1 is 1.12 bits per heavy atom. The van der Waals surface area contributed by atoms with E-state index >= 15 is 0 Å². The SMILES string of the molecule is CC.COc1ccc2cc(C=O)ccc2c1C. The molecule has 90 valence electrons. The molecule has 0 saturated carbocycles. The largest absolute Gasteiger partial charge is 0.496 e. The number of aldehydes is 1. The van der Waals surface area contributed by atoms with Gasteiger partial charge in [-0.1, -0.05) is 32.0 Å². The fourth-order valence-corrected chi connectivity index (χ4v) is 1.78. The van der Waals surface area contributed by atoms with Crippen LogP contribution in [0.15, 0.2) is 30.3 Å². The summed E-state index contributed by atoms with van der Waals surface area (Å²) in [6.07, 6.45) is 0.860. The summed E-state index contributed by atoms with van der Waals surface area (Å²) < 4.78 is 5.24. The molecule has 0 spiro atoms. The van der Waals surface area contributed by atoms with E-state index in [0.717, 1.165) is 28.4 Å². The van der Waals surface area contributed by atoms with Gasteiger partial charge in [0.15, 0.2) is 0 Å². The van der Waals surface area contributed by atoms with E-state index in [0.29, 0.717) is 5.56 Å². The number of benzene rings is 2. The summed E-state index contributed by atoms with van der Waals surface area (Å²) in [4.78, 5) is 10.6. The average Bonchev–Trinajstić information content (AvgIpc) is 2.41. The van der Waals surface area contributed by atoms with Crippen LogP contribution in [0.2, 0.25) is 0 Å². The lowest BCUT2D eigenvalue weighted by atomic mass is 10.0. The van der Waals surface area contributed by atoms with E-state index in [2.05, 4.69) is 0 Å². The predicted octanol–water partition coefficient (Wildman–Crippen LogP) is 4.00. The van der Waals surface area contributed by atoms with E-state index in [1.165, 1.54) is 0 Å². The van der Waals surface area contributed by atoms with E-state index in [1.54, 1.807) is 7.11 Å². The number of methoxy groups -OCH3 is 1. The summed E-state index contributed by atoms with van der Waals surface area (Å²) in [5.74, 6) is 0.876. The second-order valence-corrected chi connectivity index (χ2v) is 3.49. The summed E-state index contributed by atoms with van der Waals surface area (Å²) in [5, 5.41) is 2.19. The molecule has 0 atom stereocenters. The molecule has 0 saturated heterocycles. The van der Waals surface area contributed by atoms with Crippen LogP contribution in [0.1, 0.15) is 29.8 Å². The number of hydrogen-bond acceptors (Lipinski definition) is 2. The van der Waals surface area contributed by atoms with Gasteiger partial charge in [0.25, 0.3) is 0 Å². The molecule has 0 N–H and O–H groups in total. The van der Waals surface area contributed by atoms with Gasteiger partial charge in [-0.2, -0.15) is 0 Å². The number of fused-ring (bicyclic) bond motifs is 1. The standard InChI is InChI=1S/C13H12O2.C2H6/c1-9-12-5-3-10(8-14)7-11(12)4-6-13(9)15-2;1-2/h3-8H,1-2H3;1-2H3. The molecular formula is C15H18O2. The third-order valence-corrected chi connectivity index (χ3v) is 2.62. The molecule has 2 heteroatoms. The van der Waals surface area contributed by atoms with E-state index in [4.69, 9.17) is 4.74 Å². The van der Waals surface area contributed by atoms with Crippen molar-refractivity contribution < 1.29 is 9.53 Å². The first-order chi connectivity index (χ1) is 8.26. The Morgan fingerprint density at radius 3 is 2.41 bits per heavy atom. The summed E-state index contributed by atoms with van der Waals surface area (Å²) in [7, 11) is 1.66. The van der Waals surface area contributed by atoms with Crippen molar-refractivity contribution in [3.8, 4) is 5.75 Å². The van der Waals surface area contributed by atoms with Gasteiger partial charge in [-0.25, -0.2) is 0 Å².